The lowest BCUT2D eigenvalue weighted by atomic mass is 10.0. The number of aromatic amines is 1. The Labute approximate surface area is 219 Å². The van der Waals surface area contributed by atoms with Gasteiger partial charge in [0.1, 0.15) is 11.9 Å². The molecule has 2 aliphatic heterocycles. The Morgan fingerprint density at radius 2 is 1.92 bits per heavy atom. The lowest BCUT2D eigenvalue weighted by Crippen LogP contribution is -2.27. The van der Waals surface area contributed by atoms with Gasteiger partial charge in [0, 0.05) is 34.8 Å². The molecule has 1 fully saturated rings. The van der Waals surface area contributed by atoms with E-state index < -0.39 is 6.10 Å². The number of carbonyl (C=O) groups is 3. The number of ether oxygens (including phenoxy) is 1. The molecular weight excluding hydrogens is 487 g/mol. The zero-order valence-corrected chi connectivity index (χ0v) is 21.4. The minimum atomic E-state index is -0.451. The van der Waals surface area contributed by atoms with E-state index in [0.717, 1.165) is 23.2 Å². The number of amides is 3. The van der Waals surface area contributed by atoms with Crippen LogP contribution in [0.5, 0.6) is 0 Å². The van der Waals surface area contributed by atoms with E-state index in [9.17, 15) is 18.8 Å². The molecule has 0 bridgehead atoms. The molecule has 38 heavy (non-hydrogen) atoms. The third kappa shape index (κ3) is 4.97. The molecule has 5 rings (SSSR count). The van der Waals surface area contributed by atoms with Crippen LogP contribution >= 0.6 is 0 Å². The second-order valence-electron chi connectivity index (χ2n) is 9.67. The Bertz CT molecular complexity index is 1450. The summed E-state index contributed by atoms with van der Waals surface area (Å²) >= 11 is 0. The number of anilines is 2. The SMILES string of the molecule is Cc1[nH]c(/C=C2\C(=O)Nc3ccc(C(=O)N[C@H](C)c4ccc(F)cc4)cc32)c(C)c1NC(=O)C1CCCO1. The van der Waals surface area contributed by atoms with Crippen molar-refractivity contribution in [2.75, 3.05) is 17.2 Å². The summed E-state index contributed by atoms with van der Waals surface area (Å²) in [4.78, 5) is 41.7. The first kappa shape index (κ1) is 25.4. The molecule has 2 aliphatic rings. The van der Waals surface area contributed by atoms with Crippen LogP contribution < -0.4 is 16.0 Å². The molecule has 0 spiro atoms. The van der Waals surface area contributed by atoms with Gasteiger partial charge in [-0.2, -0.15) is 0 Å². The average Bonchev–Trinajstić information content (AvgIpc) is 3.60. The van der Waals surface area contributed by atoms with Crippen LogP contribution in [0, 0.1) is 19.7 Å². The number of H-pyrrole nitrogens is 1. The van der Waals surface area contributed by atoms with Crippen LogP contribution in [0.1, 0.15) is 64.2 Å². The Morgan fingerprint density at radius 1 is 1.16 bits per heavy atom. The molecule has 3 aromatic rings. The summed E-state index contributed by atoms with van der Waals surface area (Å²) in [5.41, 5.74) is 5.70. The minimum absolute atomic E-state index is 0.179. The summed E-state index contributed by atoms with van der Waals surface area (Å²) in [7, 11) is 0. The first-order chi connectivity index (χ1) is 18.2. The van der Waals surface area contributed by atoms with E-state index in [1.165, 1.54) is 12.1 Å². The Hall–Kier alpha value is -4.24. The molecule has 196 valence electrons. The van der Waals surface area contributed by atoms with E-state index >= 15 is 0 Å². The van der Waals surface area contributed by atoms with Crippen molar-refractivity contribution in [2.45, 2.75) is 45.8 Å². The molecular formula is C29H29FN4O4. The monoisotopic (exact) mass is 516 g/mol. The lowest BCUT2D eigenvalue weighted by molar-refractivity contribution is -0.124. The molecule has 3 heterocycles. The highest BCUT2D eigenvalue weighted by Gasteiger charge is 2.28. The van der Waals surface area contributed by atoms with Gasteiger partial charge in [0.05, 0.1) is 17.3 Å². The number of aryl methyl sites for hydroxylation is 1. The van der Waals surface area contributed by atoms with Gasteiger partial charge in [-0.25, -0.2) is 4.39 Å². The Morgan fingerprint density at radius 3 is 2.63 bits per heavy atom. The Kier molecular flexibility index (Phi) is 6.86. The van der Waals surface area contributed by atoms with Crippen LogP contribution in [-0.2, 0) is 14.3 Å². The van der Waals surface area contributed by atoms with Gasteiger partial charge in [0.25, 0.3) is 17.7 Å². The van der Waals surface area contributed by atoms with Gasteiger partial charge < -0.3 is 25.7 Å². The third-order valence-electron chi connectivity index (χ3n) is 7.02. The fourth-order valence-corrected chi connectivity index (χ4v) is 4.83. The van der Waals surface area contributed by atoms with Gasteiger partial charge in [-0.15, -0.1) is 0 Å². The van der Waals surface area contributed by atoms with E-state index in [4.69, 9.17) is 4.74 Å². The molecule has 2 atom stereocenters. The van der Waals surface area contributed by atoms with Crippen molar-refractivity contribution in [3.63, 3.8) is 0 Å². The van der Waals surface area contributed by atoms with Gasteiger partial charge in [0.15, 0.2) is 0 Å². The van der Waals surface area contributed by atoms with Crippen molar-refractivity contribution in [1.29, 1.82) is 0 Å². The summed E-state index contributed by atoms with van der Waals surface area (Å²) in [6.07, 6.45) is 2.84. The predicted octanol–water partition coefficient (Wildman–Crippen LogP) is 4.87. The van der Waals surface area contributed by atoms with Gasteiger partial charge in [0.2, 0.25) is 0 Å². The zero-order valence-electron chi connectivity index (χ0n) is 21.4. The zero-order chi connectivity index (χ0) is 27.0. The molecule has 2 aromatic carbocycles. The number of carbonyl (C=O) groups excluding carboxylic acids is 3. The number of hydrogen-bond acceptors (Lipinski definition) is 4. The molecule has 0 aliphatic carbocycles. The topological polar surface area (TPSA) is 112 Å². The standard InChI is InChI=1S/C29H29FN4O4/c1-15-24(31-17(3)26(15)34-29(37)25-5-4-12-38-25)14-22-21-13-19(8-11-23(21)33-28(22)36)27(35)32-16(2)18-6-9-20(30)10-7-18/h6-11,13-14,16,25,31H,4-5,12H2,1-3H3,(H,32,35)(H,33,36)(H,34,37)/b22-14-/t16-,25?/m1/s1. The highest BCUT2D eigenvalue weighted by atomic mass is 19.1. The largest absolute Gasteiger partial charge is 0.368 e. The molecule has 0 radical (unpaired) electrons. The number of fused-ring (bicyclic) bond motifs is 1. The second-order valence-corrected chi connectivity index (χ2v) is 9.67. The summed E-state index contributed by atoms with van der Waals surface area (Å²) < 4.78 is 18.7. The molecule has 8 nitrogen and oxygen atoms in total. The van der Waals surface area contributed by atoms with Crippen LogP contribution in [0.3, 0.4) is 0 Å². The quantitative estimate of drug-likeness (QED) is 0.350. The third-order valence-corrected chi connectivity index (χ3v) is 7.02. The summed E-state index contributed by atoms with van der Waals surface area (Å²) in [6, 6.07) is 10.7. The molecule has 1 aromatic heterocycles. The number of nitrogens with one attached hydrogen (secondary N) is 4. The molecule has 9 heteroatoms. The van der Waals surface area contributed by atoms with E-state index in [2.05, 4.69) is 20.9 Å². The van der Waals surface area contributed by atoms with Crippen LogP contribution in [0.15, 0.2) is 42.5 Å². The van der Waals surface area contributed by atoms with Crippen molar-refractivity contribution in [3.8, 4) is 0 Å². The summed E-state index contributed by atoms with van der Waals surface area (Å²) in [6.45, 7) is 6.13. The van der Waals surface area contributed by atoms with Crippen LogP contribution in [0.25, 0.3) is 11.6 Å². The maximum absolute atomic E-state index is 13.2. The summed E-state index contributed by atoms with van der Waals surface area (Å²) in [5, 5.41) is 8.71. The van der Waals surface area contributed by atoms with E-state index in [0.29, 0.717) is 46.8 Å². The van der Waals surface area contributed by atoms with Crippen LogP contribution in [0.2, 0.25) is 0 Å². The number of rotatable bonds is 6. The van der Waals surface area contributed by atoms with Crippen molar-refractivity contribution in [2.24, 2.45) is 0 Å². The Balaban J connectivity index is 1.38. The van der Waals surface area contributed by atoms with E-state index in [-0.39, 0.29) is 29.6 Å². The molecule has 1 saturated heterocycles. The molecule has 0 saturated carbocycles. The van der Waals surface area contributed by atoms with Crippen molar-refractivity contribution in [1.82, 2.24) is 10.3 Å². The molecule has 4 N–H and O–H groups in total. The fraction of sp³-hybridized carbons (Fsp3) is 0.276. The maximum Gasteiger partial charge on any atom is 0.256 e. The lowest BCUT2D eigenvalue weighted by Gasteiger charge is -2.15. The number of hydrogen-bond donors (Lipinski definition) is 4. The first-order valence-electron chi connectivity index (χ1n) is 12.6. The second kappa shape index (κ2) is 10.3. The number of benzene rings is 2. The van der Waals surface area contributed by atoms with E-state index in [1.807, 2.05) is 20.8 Å². The minimum Gasteiger partial charge on any atom is -0.368 e. The maximum atomic E-state index is 13.2. The van der Waals surface area contributed by atoms with Gasteiger partial charge in [-0.05, 0) is 81.1 Å². The highest BCUT2D eigenvalue weighted by Crippen LogP contribution is 2.35. The van der Waals surface area contributed by atoms with Crippen molar-refractivity contribution in [3.05, 3.63) is 81.9 Å². The van der Waals surface area contributed by atoms with Crippen molar-refractivity contribution < 1.29 is 23.5 Å². The van der Waals surface area contributed by atoms with E-state index in [1.54, 1.807) is 36.4 Å². The predicted molar refractivity (Wildman–Crippen MR) is 143 cm³/mol. The first-order valence-corrected chi connectivity index (χ1v) is 12.6. The van der Waals surface area contributed by atoms with Crippen molar-refractivity contribution >= 4 is 40.7 Å². The van der Waals surface area contributed by atoms with Crippen LogP contribution in [-0.4, -0.2) is 35.4 Å². The number of halogens is 1. The smallest absolute Gasteiger partial charge is 0.256 e. The highest BCUT2D eigenvalue weighted by molar-refractivity contribution is 6.35. The molecule has 1 unspecified atom stereocenters. The average molecular weight is 517 g/mol. The number of aromatic nitrogens is 1. The van der Waals surface area contributed by atoms with Gasteiger partial charge in [-0.3, -0.25) is 14.4 Å². The van der Waals surface area contributed by atoms with Gasteiger partial charge in [-0.1, -0.05) is 12.1 Å². The van der Waals surface area contributed by atoms with Gasteiger partial charge >= 0.3 is 0 Å². The van der Waals surface area contributed by atoms with Crippen LogP contribution in [0.4, 0.5) is 15.8 Å². The summed E-state index contributed by atoms with van der Waals surface area (Å²) in [5.74, 6) is -1.11. The fourth-order valence-electron chi connectivity index (χ4n) is 4.83. The molecule has 3 amide bonds. The normalized spacial score (nSPS) is 18.3.